The van der Waals surface area contributed by atoms with Crippen LogP contribution in [0.25, 0.3) is 0 Å². The molecule has 2 heterocycles. The third-order valence-corrected chi connectivity index (χ3v) is 4.21. The van der Waals surface area contributed by atoms with Gasteiger partial charge in [0.05, 0.1) is 18.1 Å². The minimum atomic E-state index is -3.72. The largest absolute Gasteiger partial charge is 0.292 e. The number of nitrogens with one attached hydrogen (secondary N) is 2. The Morgan fingerprint density at radius 3 is 2.50 bits per heavy atom. The van der Waals surface area contributed by atoms with E-state index in [0.717, 1.165) is 18.1 Å². The van der Waals surface area contributed by atoms with Gasteiger partial charge in [-0.25, -0.2) is 29.2 Å². The van der Waals surface area contributed by atoms with Crippen molar-refractivity contribution in [3.05, 3.63) is 23.5 Å². The Balaban J connectivity index is 2.24. The van der Waals surface area contributed by atoms with Crippen molar-refractivity contribution < 1.29 is 8.42 Å². The van der Waals surface area contributed by atoms with Gasteiger partial charge < -0.3 is 0 Å². The van der Waals surface area contributed by atoms with Crippen molar-refractivity contribution in [2.75, 3.05) is 10.1 Å². The fraction of sp³-hybridized carbons (Fsp3) is 0.125. The third kappa shape index (κ3) is 2.72. The second kappa shape index (κ2) is 4.84. The Labute approximate surface area is 107 Å². The van der Waals surface area contributed by atoms with E-state index >= 15 is 0 Å². The molecule has 0 aliphatic heterocycles. The molecule has 2 aromatic rings. The Morgan fingerprint density at radius 1 is 1.33 bits per heavy atom. The molecule has 0 saturated carbocycles. The van der Waals surface area contributed by atoms with Crippen LogP contribution >= 0.6 is 11.3 Å². The molecule has 2 rings (SSSR count). The number of hydrogen-bond acceptors (Lipinski definition) is 8. The number of hydrogen-bond donors (Lipinski definition) is 3. The van der Waals surface area contributed by atoms with Crippen LogP contribution < -0.4 is 16.0 Å². The van der Waals surface area contributed by atoms with Gasteiger partial charge in [0.2, 0.25) is 5.95 Å². The van der Waals surface area contributed by atoms with Crippen molar-refractivity contribution in [1.29, 1.82) is 0 Å². The number of rotatable bonds is 4. The van der Waals surface area contributed by atoms with Gasteiger partial charge >= 0.3 is 0 Å². The fourth-order valence-electron chi connectivity index (χ4n) is 1.10. The van der Waals surface area contributed by atoms with Gasteiger partial charge in [-0.05, 0) is 6.92 Å². The Bertz CT molecular complexity index is 636. The van der Waals surface area contributed by atoms with E-state index in [1.165, 1.54) is 11.3 Å². The first kappa shape index (κ1) is 12.7. The van der Waals surface area contributed by atoms with Crippen molar-refractivity contribution in [2.45, 2.75) is 11.8 Å². The normalized spacial score (nSPS) is 11.2. The molecule has 0 bridgehead atoms. The summed E-state index contributed by atoms with van der Waals surface area (Å²) in [6.45, 7) is 1.78. The molecule has 18 heavy (non-hydrogen) atoms. The van der Waals surface area contributed by atoms with E-state index in [1.807, 2.05) is 0 Å². The monoisotopic (exact) mass is 286 g/mol. The average Bonchev–Trinajstić information content (AvgIpc) is 2.74. The summed E-state index contributed by atoms with van der Waals surface area (Å²) in [5.74, 6) is 5.22. The van der Waals surface area contributed by atoms with Crippen molar-refractivity contribution in [2.24, 2.45) is 5.84 Å². The lowest BCUT2D eigenvalue weighted by Crippen LogP contribution is -2.15. The van der Waals surface area contributed by atoms with Crippen molar-refractivity contribution in [3.63, 3.8) is 0 Å². The van der Waals surface area contributed by atoms with Crippen molar-refractivity contribution in [1.82, 2.24) is 15.0 Å². The van der Waals surface area contributed by atoms with E-state index in [1.54, 1.807) is 12.3 Å². The summed E-state index contributed by atoms with van der Waals surface area (Å²) in [6.07, 6.45) is 2.32. The lowest BCUT2D eigenvalue weighted by Gasteiger charge is -2.04. The minimum Gasteiger partial charge on any atom is -0.292 e. The fourth-order valence-corrected chi connectivity index (χ4v) is 2.93. The van der Waals surface area contributed by atoms with E-state index in [2.05, 4.69) is 25.1 Å². The highest BCUT2D eigenvalue weighted by molar-refractivity contribution is 7.93. The first-order valence-corrected chi connectivity index (χ1v) is 7.11. The molecule has 4 N–H and O–H groups in total. The van der Waals surface area contributed by atoms with Gasteiger partial charge in [-0.3, -0.25) is 10.1 Å². The minimum absolute atomic E-state index is 0.0608. The van der Waals surface area contributed by atoms with E-state index in [4.69, 9.17) is 5.84 Å². The number of nitrogen functional groups attached to an aromatic ring is 1. The van der Waals surface area contributed by atoms with Crippen LogP contribution in [0.2, 0.25) is 0 Å². The molecule has 0 aromatic carbocycles. The summed E-state index contributed by atoms with van der Waals surface area (Å²) in [5.41, 5.74) is 2.96. The van der Waals surface area contributed by atoms with Gasteiger partial charge in [-0.1, -0.05) is 0 Å². The Hall–Kier alpha value is -1.78. The van der Waals surface area contributed by atoms with Crippen LogP contribution in [0.4, 0.5) is 11.1 Å². The van der Waals surface area contributed by atoms with Gasteiger partial charge in [0.15, 0.2) is 5.13 Å². The van der Waals surface area contributed by atoms with Crippen LogP contribution in [-0.2, 0) is 10.0 Å². The van der Waals surface area contributed by atoms with Crippen molar-refractivity contribution >= 4 is 32.4 Å². The topological polar surface area (TPSA) is 123 Å². The highest BCUT2D eigenvalue weighted by atomic mass is 32.2. The first-order chi connectivity index (χ1) is 8.51. The number of nitrogens with two attached hydrogens (primary N) is 1. The second-order valence-corrected chi connectivity index (χ2v) is 5.83. The number of sulfonamides is 1. The van der Waals surface area contributed by atoms with Gasteiger partial charge in [0, 0.05) is 5.38 Å². The highest BCUT2D eigenvalue weighted by Crippen LogP contribution is 2.19. The average molecular weight is 286 g/mol. The molecule has 0 aliphatic carbocycles. The summed E-state index contributed by atoms with van der Waals surface area (Å²) in [5, 5.41) is 2.05. The van der Waals surface area contributed by atoms with Gasteiger partial charge in [-0.15, -0.1) is 11.3 Å². The summed E-state index contributed by atoms with van der Waals surface area (Å²) in [7, 11) is -3.72. The van der Waals surface area contributed by atoms with Crippen LogP contribution in [0.3, 0.4) is 0 Å². The number of anilines is 2. The molecule has 0 spiro atoms. The molecule has 0 unspecified atom stereocenters. The standard InChI is InChI=1S/C8H10N6O2S2/c1-5-4-17-8(12-5)14-18(15,16)6-2-10-7(13-9)11-3-6/h2-4H,9H2,1H3,(H,12,14)(H,10,11,13). The molecule has 0 fully saturated rings. The maximum atomic E-state index is 11.9. The van der Waals surface area contributed by atoms with E-state index in [0.29, 0.717) is 5.13 Å². The second-order valence-electron chi connectivity index (χ2n) is 3.29. The van der Waals surface area contributed by atoms with Crippen LogP contribution in [0, 0.1) is 6.92 Å². The number of thiazole rings is 1. The summed E-state index contributed by atoms with van der Waals surface area (Å²) < 4.78 is 26.2. The zero-order valence-electron chi connectivity index (χ0n) is 9.28. The molecule has 0 saturated heterocycles. The van der Waals surface area contributed by atoms with Crippen molar-refractivity contribution in [3.8, 4) is 0 Å². The maximum absolute atomic E-state index is 11.9. The van der Waals surface area contributed by atoms with Gasteiger partial charge in [0.25, 0.3) is 10.0 Å². The zero-order valence-corrected chi connectivity index (χ0v) is 10.9. The molecule has 10 heteroatoms. The molecule has 2 aromatic heterocycles. The zero-order chi connectivity index (χ0) is 13.2. The van der Waals surface area contributed by atoms with E-state index in [-0.39, 0.29) is 10.8 Å². The molecular formula is C8H10N6O2S2. The maximum Gasteiger partial charge on any atom is 0.266 e. The molecule has 0 atom stereocenters. The smallest absolute Gasteiger partial charge is 0.266 e. The molecule has 96 valence electrons. The quantitative estimate of drug-likeness (QED) is 0.546. The molecule has 8 nitrogen and oxygen atoms in total. The lowest BCUT2D eigenvalue weighted by molar-refractivity contribution is 0.600. The first-order valence-electron chi connectivity index (χ1n) is 4.75. The summed E-state index contributed by atoms with van der Waals surface area (Å²) >= 11 is 1.20. The van der Waals surface area contributed by atoms with Crippen LogP contribution in [0.1, 0.15) is 5.69 Å². The molecule has 0 aliphatic rings. The number of hydrazine groups is 1. The van der Waals surface area contributed by atoms with E-state index < -0.39 is 10.0 Å². The van der Waals surface area contributed by atoms with Gasteiger partial charge in [0.1, 0.15) is 4.90 Å². The van der Waals surface area contributed by atoms with Crippen LogP contribution in [-0.4, -0.2) is 23.4 Å². The predicted octanol–water partition coefficient (Wildman–Crippen LogP) is 0.328. The van der Waals surface area contributed by atoms with E-state index in [9.17, 15) is 8.42 Å². The molecule has 0 radical (unpaired) electrons. The SMILES string of the molecule is Cc1csc(NS(=O)(=O)c2cnc(NN)nc2)n1. The lowest BCUT2D eigenvalue weighted by atomic mass is 10.6. The predicted molar refractivity (Wildman–Crippen MR) is 67.5 cm³/mol. The number of aryl methyl sites for hydroxylation is 1. The summed E-state index contributed by atoms with van der Waals surface area (Å²) in [6, 6.07) is 0. The summed E-state index contributed by atoms with van der Waals surface area (Å²) in [4.78, 5) is 11.4. The Morgan fingerprint density at radius 2 is 2.00 bits per heavy atom. The van der Waals surface area contributed by atoms with Gasteiger partial charge in [-0.2, -0.15) is 0 Å². The third-order valence-electron chi connectivity index (χ3n) is 1.91. The van der Waals surface area contributed by atoms with Crippen LogP contribution in [0.15, 0.2) is 22.7 Å². The highest BCUT2D eigenvalue weighted by Gasteiger charge is 2.16. The van der Waals surface area contributed by atoms with Crippen LogP contribution in [0.5, 0.6) is 0 Å². The molecular weight excluding hydrogens is 276 g/mol. The molecule has 0 amide bonds. The number of aromatic nitrogens is 3. The Kier molecular flexibility index (Phi) is 3.41. The number of nitrogens with zero attached hydrogens (tertiary/aromatic N) is 3.